The smallest absolute Gasteiger partial charge is 0.344 e. The number of aromatic nitrogens is 1. The fourth-order valence-corrected chi connectivity index (χ4v) is 7.46. The van der Waals surface area contributed by atoms with Crippen molar-refractivity contribution < 1.29 is 8.83 Å². The average molecular weight is 640 g/mol. The predicted molar refractivity (Wildman–Crippen MR) is 200 cm³/mol. The highest BCUT2D eigenvalue weighted by Crippen LogP contribution is 2.37. The number of hydrogen-bond donors (Lipinski definition) is 0. The van der Waals surface area contributed by atoms with Crippen LogP contribution in [-0.2, 0) is 7.05 Å². The predicted octanol–water partition coefficient (Wildman–Crippen LogP) is 9.19. The summed E-state index contributed by atoms with van der Waals surface area (Å²) in [4.78, 5) is 31.6. The highest BCUT2D eigenvalue weighted by Gasteiger charge is 2.19. The number of benzene rings is 4. The Morgan fingerprint density at radius 1 is 0.542 bits per heavy atom. The summed E-state index contributed by atoms with van der Waals surface area (Å²) in [6.07, 6.45) is 0. The Balaban J connectivity index is 1.37. The summed E-state index contributed by atoms with van der Waals surface area (Å²) in [5.74, 6) is 0. The fourth-order valence-electron chi connectivity index (χ4n) is 7.46. The Kier molecular flexibility index (Phi) is 7.86. The van der Waals surface area contributed by atoms with Gasteiger partial charge < -0.3 is 23.2 Å². The largest absolute Gasteiger partial charge is 0.422 e. The number of fused-ring (bicyclic) bond motifs is 5. The van der Waals surface area contributed by atoms with Crippen LogP contribution in [0.4, 0.5) is 11.4 Å². The molecule has 3 aromatic heterocycles. The van der Waals surface area contributed by atoms with E-state index < -0.39 is 0 Å². The van der Waals surface area contributed by atoms with Gasteiger partial charge in [-0.25, -0.2) is 9.59 Å². The van der Waals surface area contributed by atoms with E-state index in [4.69, 9.17) is 8.83 Å². The lowest BCUT2D eigenvalue weighted by Gasteiger charge is -2.21. The molecule has 0 atom stereocenters. The Bertz CT molecular complexity index is 2320. The van der Waals surface area contributed by atoms with E-state index in [1.54, 1.807) is 0 Å². The van der Waals surface area contributed by atoms with Crippen LogP contribution in [0, 0.1) is 13.8 Å². The molecule has 3 heterocycles. The first-order valence-corrected chi connectivity index (χ1v) is 16.9. The lowest BCUT2D eigenvalue weighted by molar-refractivity contribution is 0.562. The zero-order valence-electron chi connectivity index (χ0n) is 28.7. The molecule has 7 heteroatoms. The summed E-state index contributed by atoms with van der Waals surface area (Å²) in [7, 11) is 2.04. The quantitative estimate of drug-likeness (QED) is 0.154. The molecule has 7 nitrogen and oxygen atoms in total. The minimum Gasteiger partial charge on any atom is -0.422 e. The zero-order chi connectivity index (χ0) is 33.9. The van der Waals surface area contributed by atoms with Crippen LogP contribution in [0.5, 0.6) is 0 Å². The first-order valence-electron chi connectivity index (χ1n) is 16.9. The first-order chi connectivity index (χ1) is 23.2. The van der Waals surface area contributed by atoms with Crippen molar-refractivity contribution in [3.8, 4) is 22.3 Å². The van der Waals surface area contributed by atoms with E-state index in [-0.39, 0.29) is 11.3 Å². The second kappa shape index (κ2) is 12.1. The van der Waals surface area contributed by atoms with Gasteiger partial charge in [0.15, 0.2) is 0 Å². The maximum absolute atomic E-state index is 13.6. The standard InChI is InChI=1S/C41H41N3O4/c1-8-43(9-2)28-14-16-30-24(5)38(40(45)47-36(30)22-28)26-12-18-34-32(20-26)33-21-27(13-19-35(33)42(34)7)39-25(6)31-17-15-29(44(10-3)11-4)23-37(31)48-41(39)46/h12-23H,8-11H2,1-7H3. The molecule has 4 aromatic carbocycles. The maximum Gasteiger partial charge on any atom is 0.344 e. The molecule has 7 rings (SSSR count). The van der Waals surface area contributed by atoms with Crippen LogP contribution in [-0.4, -0.2) is 30.7 Å². The molecule has 0 spiro atoms. The van der Waals surface area contributed by atoms with Crippen molar-refractivity contribution in [2.45, 2.75) is 41.5 Å². The maximum atomic E-state index is 13.6. The van der Waals surface area contributed by atoms with Crippen LogP contribution in [0.1, 0.15) is 38.8 Å². The molecule has 48 heavy (non-hydrogen) atoms. The van der Waals surface area contributed by atoms with Gasteiger partial charge in [0.05, 0.1) is 11.1 Å². The van der Waals surface area contributed by atoms with Crippen LogP contribution < -0.4 is 21.1 Å². The SMILES string of the molecule is CCN(CC)c1ccc2c(C)c(-c3ccc4c(c3)c3cc(-c5c(C)c6ccc(N(CC)CC)cc6oc5=O)ccc3n4C)c(=O)oc2c1. The molecule has 0 amide bonds. The van der Waals surface area contributed by atoms with Gasteiger partial charge in [-0.1, -0.05) is 12.1 Å². The average Bonchev–Trinajstić information content (AvgIpc) is 3.36. The topological polar surface area (TPSA) is 71.8 Å². The zero-order valence-corrected chi connectivity index (χ0v) is 28.7. The third-order valence-electron chi connectivity index (χ3n) is 10.1. The van der Waals surface area contributed by atoms with Crippen molar-refractivity contribution in [2.24, 2.45) is 7.05 Å². The van der Waals surface area contributed by atoms with E-state index in [1.165, 1.54) is 0 Å². The molecule has 7 aromatic rings. The Hall–Kier alpha value is -5.30. The molecule has 0 unspecified atom stereocenters. The van der Waals surface area contributed by atoms with Crippen molar-refractivity contribution in [1.29, 1.82) is 0 Å². The Labute approximate surface area is 279 Å². The van der Waals surface area contributed by atoms with Gasteiger partial charge in [0.1, 0.15) is 11.2 Å². The molecular weight excluding hydrogens is 598 g/mol. The second-order valence-corrected chi connectivity index (χ2v) is 12.5. The highest BCUT2D eigenvalue weighted by atomic mass is 16.4. The van der Waals surface area contributed by atoms with Gasteiger partial charge in [0.25, 0.3) is 0 Å². The van der Waals surface area contributed by atoms with Gasteiger partial charge in [-0.2, -0.15) is 0 Å². The molecule has 0 saturated heterocycles. The molecule has 0 saturated carbocycles. The lowest BCUT2D eigenvalue weighted by Crippen LogP contribution is -2.21. The van der Waals surface area contributed by atoms with Crippen LogP contribution in [0.15, 0.2) is 91.2 Å². The molecule has 244 valence electrons. The van der Waals surface area contributed by atoms with Gasteiger partial charge in [0, 0.05) is 89.3 Å². The van der Waals surface area contributed by atoms with Crippen molar-refractivity contribution in [1.82, 2.24) is 4.57 Å². The van der Waals surface area contributed by atoms with Crippen LogP contribution in [0.25, 0.3) is 66.0 Å². The van der Waals surface area contributed by atoms with E-state index in [0.29, 0.717) is 22.3 Å². The molecule has 0 radical (unpaired) electrons. The van der Waals surface area contributed by atoms with Crippen molar-refractivity contribution in [2.75, 3.05) is 36.0 Å². The fraction of sp³-hybridized carbons (Fsp3) is 0.268. The van der Waals surface area contributed by atoms with E-state index >= 15 is 0 Å². The Morgan fingerprint density at radius 3 is 1.31 bits per heavy atom. The number of rotatable bonds is 8. The summed E-state index contributed by atoms with van der Waals surface area (Å²) in [5, 5.41) is 3.83. The third-order valence-corrected chi connectivity index (χ3v) is 10.1. The molecule has 0 bridgehead atoms. The van der Waals surface area contributed by atoms with Gasteiger partial charge >= 0.3 is 11.3 Å². The van der Waals surface area contributed by atoms with Gasteiger partial charge in [-0.05, 0) is 112 Å². The normalized spacial score (nSPS) is 11.7. The summed E-state index contributed by atoms with van der Waals surface area (Å²) in [6.45, 7) is 15.9. The number of hydrogen-bond acceptors (Lipinski definition) is 6. The number of aryl methyl sites for hydroxylation is 3. The molecule has 0 aliphatic heterocycles. The first kappa shape index (κ1) is 31.3. The summed E-state index contributed by atoms with van der Waals surface area (Å²) >= 11 is 0. The van der Waals surface area contributed by atoms with E-state index in [2.05, 4.69) is 90.6 Å². The minimum absolute atomic E-state index is 0.356. The molecule has 0 N–H and O–H groups in total. The van der Waals surface area contributed by atoms with Crippen molar-refractivity contribution in [3.63, 3.8) is 0 Å². The number of nitrogens with zero attached hydrogens (tertiary/aromatic N) is 3. The number of anilines is 2. The monoisotopic (exact) mass is 639 g/mol. The van der Waals surface area contributed by atoms with Crippen molar-refractivity contribution in [3.05, 3.63) is 105 Å². The van der Waals surface area contributed by atoms with Crippen LogP contribution >= 0.6 is 0 Å². The summed E-state index contributed by atoms with van der Waals surface area (Å²) in [6, 6.07) is 24.5. The van der Waals surface area contributed by atoms with Gasteiger partial charge in [-0.15, -0.1) is 0 Å². The second-order valence-electron chi connectivity index (χ2n) is 12.5. The van der Waals surface area contributed by atoms with E-state index in [9.17, 15) is 9.59 Å². The molecule has 0 fully saturated rings. The Morgan fingerprint density at radius 2 is 0.938 bits per heavy atom. The summed E-state index contributed by atoms with van der Waals surface area (Å²) < 4.78 is 14.0. The van der Waals surface area contributed by atoms with E-state index in [1.807, 2.05) is 45.2 Å². The van der Waals surface area contributed by atoms with Crippen LogP contribution in [0.2, 0.25) is 0 Å². The van der Waals surface area contributed by atoms with E-state index in [0.717, 1.165) is 92.4 Å². The van der Waals surface area contributed by atoms with Gasteiger partial charge in [0.2, 0.25) is 0 Å². The van der Waals surface area contributed by atoms with Crippen molar-refractivity contribution >= 4 is 55.1 Å². The summed E-state index contributed by atoms with van der Waals surface area (Å²) in [5.41, 5.74) is 9.11. The third kappa shape index (κ3) is 4.88. The molecule has 0 aliphatic carbocycles. The molecule has 0 aliphatic rings. The minimum atomic E-state index is -0.356. The van der Waals surface area contributed by atoms with Gasteiger partial charge in [-0.3, -0.25) is 0 Å². The molecular formula is C41H41N3O4. The lowest BCUT2D eigenvalue weighted by atomic mass is 9.96. The highest BCUT2D eigenvalue weighted by molar-refractivity contribution is 6.11. The van der Waals surface area contributed by atoms with Crippen LogP contribution in [0.3, 0.4) is 0 Å².